The summed E-state index contributed by atoms with van der Waals surface area (Å²) in [7, 11) is 0. The molecule has 9 atom stereocenters. The van der Waals surface area contributed by atoms with E-state index in [1.54, 1.807) is 0 Å². The van der Waals surface area contributed by atoms with Gasteiger partial charge in [0.1, 0.15) is 11.7 Å². The van der Waals surface area contributed by atoms with Crippen molar-refractivity contribution < 1.29 is 19.5 Å². The highest BCUT2D eigenvalue weighted by Crippen LogP contribution is 2.68. The molecule has 0 aromatic heterocycles. The van der Waals surface area contributed by atoms with Crippen molar-refractivity contribution in [2.75, 3.05) is 0 Å². The second-order valence-electron chi connectivity index (χ2n) is 13.2. The number of hydrogen-bond acceptors (Lipinski definition) is 5. The number of nitrogens with zero attached hydrogens (tertiary/aromatic N) is 1. The van der Waals surface area contributed by atoms with Gasteiger partial charge < -0.3 is 14.7 Å². The highest BCUT2D eigenvalue weighted by molar-refractivity contribution is 5.87. The van der Waals surface area contributed by atoms with Crippen molar-refractivity contribution in [2.45, 2.75) is 117 Å². The molecule has 0 spiro atoms. The zero-order valence-electron chi connectivity index (χ0n) is 22.1. The summed E-state index contributed by atoms with van der Waals surface area (Å²) in [5, 5.41) is 16.2. The van der Waals surface area contributed by atoms with Gasteiger partial charge in [-0.15, -0.1) is 0 Å². The van der Waals surface area contributed by atoms with Gasteiger partial charge in [0.15, 0.2) is 6.10 Å². The Morgan fingerprint density at radius 3 is 2.62 bits per heavy atom. The summed E-state index contributed by atoms with van der Waals surface area (Å²) in [6.45, 7) is 12.8. The van der Waals surface area contributed by atoms with E-state index in [0.717, 1.165) is 44.2 Å². The Hall–Kier alpha value is -1.36. The number of ether oxygens (including phenoxy) is 1. The highest BCUT2D eigenvalue weighted by atomic mass is 16.7. The molecule has 34 heavy (non-hydrogen) atoms. The van der Waals surface area contributed by atoms with Crippen LogP contribution in [0.25, 0.3) is 0 Å². The van der Waals surface area contributed by atoms with Crippen LogP contribution in [0.3, 0.4) is 0 Å². The molecule has 5 rings (SSSR count). The molecule has 4 aliphatic carbocycles. The predicted octanol–water partition coefficient (Wildman–Crippen LogP) is 6.05. The average Bonchev–Trinajstić information content (AvgIpc) is 3.39. The van der Waals surface area contributed by atoms with Gasteiger partial charge in [-0.05, 0) is 92.3 Å². The first kappa shape index (κ1) is 24.3. The molecule has 5 nitrogen and oxygen atoms in total. The lowest BCUT2D eigenvalue weighted by molar-refractivity contribution is -0.159. The lowest BCUT2D eigenvalue weighted by Crippen LogP contribution is -2.55. The molecule has 190 valence electrons. The molecule has 3 fully saturated rings. The zero-order valence-corrected chi connectivity index (χ0v) is 22.1. The van der Waals surface area contributed by atoms with Crippen molar-refractivity contribution in [2.24, 2.45) is 45.6 Å². The summed E-state index contributed by atoms with van der Waals surface area (Å²) in [6, 6.07) is 0. The van der Waals surface area contributed by atoms with Crippen molar-refractivity contribution in [1.82, 2.24) is 0 Å². The van der Waals surface area contributed by atoms with E-state index in [-0.39, 0.29) is 34.9 Å². The third kappa shape index (κ3) is 3.67. The van der Waals surface area contributed by atoms with Crippen molar-refractivity contribution >= 4 is 11.7 Å². The van der Waals surface area contributed by atoms with E-state index in [9.17, 15) is 9.90 Å². The Balaban J connectivity index is 1.35. The van der Waals surface area contributed by atoms with Crippen LogP contribution in [0.4, 0.5) is 0 Å². The summed E-state index contributed by atoms with van der Waals surface area (Å²) in [6.07, 6.45) is 11.9. The average molecular weight is 472 g/mol. The number of fused-ring (bicyclic) bond motifs is 5. The number of esters is 1. The van der Waals surface area contributed by atoms with E-state index in [0.29, 0.717) is 23.7 Å². The van der Waals surface area contributed by atoms with Gasteiger partial charge in [0.2, 0.25) is 0 Å². The molecule has 0 aromatic carbocycles. The van der Waals surface area contributed by atoms with Gasteiger partial charge in [0, 0.05) is 19.8 Å². The maximum Gasteiger partial charge on any atom is 0.302 e. The van der Waals surface area contributed by atoms with Crippen molar-refractivity contribution in [3.05, 3.63) is 11.6 Å². The Bertz CT molecular complexity index is 891. The Morgan fingerprint density at radius 2 is 1.94 bits per heavy atom. The van der Waals surface area contributed by atoms with E-state index in [1.165, 1.54) is 31.8 Å². The van der Waals surface area contributed by atoms with E-state index in [2.05, 4.69) is 38.9 Å². The molecule has 0 bridgehead atoms. The molecular weight excluding hydrogens is 426 g/mol. The highest BCUT2D eigenvalue weighted by Gasteiger charge is 2.63. The molecule has 0 saturated heterocycles. The van der Waals surface area contributed by atoms with Gasteiger partial charge in [-0.25, -0.2) is 0 Å². The van der Waals surface area contributed by atoms with Gasteiger partial charge in [-0.2, -0.15) is 0 Å². The minimum atomic E-state index is -0.863. The second kappa shape index (κ2) is 8.35. The van der Waals surface area contributed by atoms with E-state index >= 15 is 0 Å². The molecule has 5 aliphatic rings. The fraction of sp³-hybridized carbons (Fsp3) is 0.862. The quantitative estimate of drug-likeness (QED) is 0.400. The zero-order chi connectivity index (χ0) is 24.5. The predicted molar refractivity (Wildman–Crippen MR) is 133 cm³/mol. The first-order valence-corrected chi connectivity index (χ1v) is 13.8. The topological polar surface area (TPSA) is 68.1 Å². The normalized spacial score (nSPS) is 45.3. The van der Waals surface area contributed by atoms with Crippen LogP contribution < -0.4 is 0 Å². The third-order valence-electron chi connectivity index (χ3n) is 11.1. The fourth-order valence-corrected chi connectivity index (χ4v) is 9.20. The summed E-state index contributed by atoms with van der Waals surface area (Å²) < 4.78 is 5.60. The number of oxime groups is 1. The SMILES string of the molecule is CC(=O)OC1CC[C@@]2(C)C(=CC[C@H]3[C@@H]4CC[C@H]([C@@](C)(O)[C@H]5CC(C(C)C)=NO5)[C@@]4(C)CC[C@@H]32)C1. The number of allylic oxidation sites excluding steroid dienone is 1. The number of aliphatic hydroxyl groups is 1. The van der Waals surface area contributed by atoms with E-state index in [4.69, 9.17) is 9.57 Å². The third-order valence-corrected chi connectivity index (χ3v) is 11.1. The maximum absolute atomic E-state index is 11.9. The molecule has 5 heteroatoms. The van der Waals surface area contributed by atoms with Crippen molar-refractivity contribution in [1.29, 1.82) is 0 Å². The summed E-state index contributed by atoms with van der Waals surface area (Å²) in [5.74, 6) is 2.49. The molecule has 1 heterocycles. The molecule has 1 unspecified atom stereocenters. The Labute approximate surface area is 205 Å². The molecule has 1 N–H and O–H groups in total. The minimum Gasteiger partial charge on any atom is -0.462 e. The van der Waals surface area contributed by atoms with Crippen molar-refractivity contribution in [3.63, 3.8) is 0 Å². The molecular formula is C29H45NO4. The molecule has 0 amide bonds. The van der Waals surface area contributed by atoms with Crippen LogP contribution in [-0.2, 0) is 14.4 Å². The van der Waals surface area contributed by atoms with Gasteiger partial charge >= 0.3 is 5.97 Å². The number of carbonyl (C=O) groups is 1. The van der Waals surface area contributed by atoms with Crippen LogP contribution in [0, 0.1) is 40.4 Å². The fourth-order valence-electron chi connectivity index (χ4n) is 9.20. The lowest BCUT2D eigenvalue weighted by Gasteiger charge is -2.59. The van der Waals surface area contributed by atoms with E-state index in [1.807, 2.05) is 6.92 Å². The van der Waals surface area contributed by atoms with Gasteiger partial charge in [0.05, 0.1) is 5.71 Å². The lowest BCUT2D eigenvalue weighted by atomic mass is 9.46. The summed E-state index contributed by atoms with van der Waals surface area (Å²) >= 11 is 0. The second-order valence-corrected chi connectivity index (χ2v) is 13.2. The first-order valence-electron chi connectivity index (χ1n) is 13.8. The van der Waals surface area contributed by atoms with Crippen LogP contribution in [0.5, 0.6) is 0 Å². The van der Waals surface area contributed by atoms with Crippen LogP contribution in [0.2, 0.25) is 0 Å². The Morgan fingerprint density at radius 1 is 1.18 bits per heavy atom. The number of hydrogen-bond donors (Lipinski definition) is 1. The Kier molecular flexibility index (Phi) is 5.98. The minimum absolute atomic E-state index is 0.0533. The number of rotatable bonds is 4. The summed E-state index contributed by atoms with van der Waals surface area (Å²) in [4.78, 5) is 17.4. The van der Waals surface area contributed by atoms with Crippen LogP contribution in [-0.4, -0.2) is 34.6 Å². The van der Waals surface area contributed by atoms with Crippen molar-refractivity contribution in [3.8, 4) is 0 Å². The van der Waals surface area contributed by atoms with Crippen LogP contribution >= 0.6 is 0 Å². The van der Waals surface area contributed by atoms with Crippen LogP contribution in [0.15, 0.2) is 16.8 Å². The van der Waals surface area contributed by atoms with Gasteiger partial charge in [0.25, 0.3) is 0 Å². The summed E-state index contributed by atoms with van der Waals surface area (Å²) in [5.41, 5.74) is 2.13. The molecule has 1 aliphatic heterocycles. The van der Waals surface area contributed by atoms with Gasteiger partial charge in [-0.1, -0.05) is 44.5 Å². The van der Waals surface area contributed by atoms with Crippen LogP contribution in [0.1, 0.15) is 99.3 Å². The smallest absolute Gasteiger partial charge is 0.302 e. The van der Waals surface area contributed by atoms with Gasteiger partial charge in [-0.3, -0.25) is 4.79 Å². The number of carbonyl (C=O) groups excluding carboxylic acids is 1. The largest absolute Gasteiger partial charge is 0.462 e. The van der Waals surface area contributed by atoms with E-state index < -0.39 is 5.60 Å². The molecule has 0 radical (unpaired) electrons. The molecule has 3 saturated carbocycles. The monoisotopic (exact) mass is 471 g/mol. The standard InChI is InChI=1S/C29H45NO4/c1-17(2)24-16-26(34-30-24)29(6,32)25-10-9-22-21-8-7-19-15-20(33-18(3)31)11-13-27(19,4)23(21)12-14-28(22,25)5/h7,17,20-23,25-26,32H,8-16H2,1-6H3/t20?,21-,22-,23-,25-,26+,27-,28-,29+/m0/s1. The molecule has 0 aromatic rings. The maximum atomic E-state index is 11.9. The first-order chi connectivity index (χ1) is 16.0.